The molecule has 0 aromatic heterocycles. The van der Waals surface area contributed by atoms with Gasteiger partial charge in [-0.1, -0.05) is 19.8 Å². The molecule has 0 saturated heterocycles. The lowest BCUT2D eigenvalue weighted by Gasteiger charge is -2.16. The monoisotopic (exact) mass is 243 g/mol. The molecule has 94 valence electrons. The first-order valence-electron chi connectivity index (χ1n) is 6.14. The van der Waals surface area contributed by atoms with Gasteiger partial charge in [0, 0.05) is 12.0 Å². The maximum absolute atomic E-state index is 12.1. The van der Waals surface area contributed by atoms with E-state index >= 15 is 0 Å². The van der Waals surface area contributed by atoms with Gasteiger partial charge in [-0.2, -0.15) is 0 Å². The maximum Gasteiger partial charge on any atom is 0.252 e. The Kier molecular flexibility index (Phi) is 3.57. The molecule has 1 N–H and O–H groups in total. The van der Waals surface area contributed by atoms with Crippen molar-refractivity contribution in [2.75, 3.05) is 6.61 Å². The van der Waals surface area contributed by atoms with Gasteiger partial charge in [-0.05, 0) is 29.7 Å². The number of carbonyl (C=O) groups is 1. The summed E-state index contributed by atoms with van der Waals surface area (Å²) in [6, 6.07) is 5.26. The van der Waals surface area contributed by atoms with Gasteiger partial charge >= 0.3 is 0 Å². The van der Waals surface area contributed by atoms with Crippen LogP contribution in [0.1, 0.15) is 29.8 Å². The molecular weight excluding hydrogens is 226 g/mol. The van der Waals surface area contributed by atoms with Crippen molar-refractivity contribution >= 4 is 5.91 Å². The first-order chi connectivity index (χ1) is 8.61. The van der Waals surface area contributed by atoms with Crippen LogP contribution in [0.25, 0.3) is 0 Å². The Balaban J connectivity index is 2.12. The molecule has 0 spiro atoms. The number of fused-ring (bicyclic) bond motifs is 1. The van der Waals surface area contributed by atoms with Gasteiger partial charge in [-0.15, -0.1) is 6.42 Å². The van der Waals surface area contributed by atoms with E-state index in [9.17, 15) is 4.79 Å². The third kappa shape index (κ3) is 2.48. The molecule has 3 nitrogen and oxygen atoms in total. The molecular formula is C15H17NO2. The highest BCUT2D eigenvalue weighted by molar-refractivity contribution is 5.95. The van der Waals surface area contributed by atoms with Crippen LogP contribution in [-0.4, -0.2) is 18.6 Å². The molecule has 0 fully saturated rings. The SMILES string of the molecule is C#CC(NC(=O)c1ccc2c(c1)CCO2)C(C)C. The van der Waals surface area contributed by atoms with E-state index in [0.717, 1.165) is 17.7 Å². The quantitative estimate of drug-likeness (QED) is 0.825. The van der Waals surface area contributed by atoms with Gasteiger partial charge in [-0.25, -0.2) is 0 Å². The Labute approximate surface area is 108 Å². The fourth-order valence-electron chi connectivity index (χ4n) is 1.95. The largest absolute Gasteiger partial charge is 0.493 e. The number of benzene rings is 1. The summed E-state index contributed by atoms with van der Waals surface area (Å²) in [5, 5.41) is 2.86. The number of rotatable bonds is 3. The molecule has 1 aromatic rings. The second-order valence-corrected chi connectivity index (χ2v) is 4.78. The summed E-state index contributed by atoms with van der Waals surface area (Å²) in [7, 11) is 0. The predicted molar refractivity (Wildman–Crippen MR) is 70.6 cm³/mol. The second-order valence-electron chi connectivity index (χ2n) is 4.78. The number of terminal acetylenes is 1. The van der Waals surface area contributed by atoms with Gasteiger partial charge in [0.1, 0.15) is 5.75 Å². The molecule has 0 aliphatic carbocycles. The van der Waals surface area contributed by atoms with Crippen molar-refractivity contribution in [3.8, 4) is 18.1 Å². The standard InChI is InChI=1S/C15H17NO2/c1-4-13(10(2)3)16-15(17)12-5-6-14-11(9-12)7-8-18-14/h1,5-6,9-10,13H,7-8H2,2-3H3,(H,16,17). The molecule has 1 amide bonds. The molecule has 18 heavy (non-hydrogen) atoms. The van der Waals surface area contributed by atoms with Crippen LogP contribution in [-0.2, 0) is 6.42 Å². The summed E-state index contributed by atoms with van der Waals surface area (Å²) in [5.74, 6) is 3.57. The molecule has 0 radical (unpaired) electrons. The lowest BCUT2D eigenvalue weighted by molar-refractivity contribution is 0.0938. The van der Waals surface area contributed by atoms with E-state index in [4.69, 9.17) is 11.2 Å². The zero-order valence-electron chi connectivity index (χ0n) is 10.7. The number of hydrogen-bond donors (Lipinski definition) is 1. The highest BCUT2D eigenvalue weighted by Gasteiger charge is 2.18. The van der Waals surface area contributed by atoms with E-state index in [1.807, 2.05) is 26.0 Å². The van der Waals surface area contributed by atoms with E-state index in [1.54, 1.807) is 6.07 Å². The molecule has 1 aliphatic heterocycles. The van der Waals surface area contributed by atoms with Gasteiger partial charge in [0.15, 0.2) is 0 Å². The maximum atomic E-state index is 12.1. The molecule has 1 unspecified atom stereocenters. The Morgan fingerprint density at radius 2 is 2.28 bits per heavy atom. The minimum atomic E-state index is -0.234. The topological polar surface area (TPSA) is 38.3 Å². The number of carbonyl (C=O) groups excluding carboxylic acids is 1. The normalized spacial score (nSPS) is 14.6. The first kappa shape index (κ1) is 12.5. The summed E-state index contributed by atoms with van der Waals surface area (Å²) >= 11 is 0. The molecule has 3 heteroatoms. The minimum absolute atomic E-state index is 0.124. The fraction of sp³-hybridized carbons (Fsp3) is 0.400. The first-order valence-corrected chi connectivity index (χ1v) is 6.14. The molecule has 1 atom stereocenters. The second kappa shape index (κ2) is 5.14. The van der Waals surface area contributed by atoms with Gasteiger partial charge in [-0.3, -0.25) is 4.79 Å². The lowest BCUT2D eigenvalue weighted by Crippen LogP contribution is -2.37. The Hall–Kier alpha value is -1.95. The van der Waals surface area contributed by atoms with E-state index in [-0.39, 0.29) is 17.9 Å². The van der Waals surface area contributed by atoms with E-state index in [0.29, 0.717) is 12.2 Å². The molecule has 0 saturated carbocycles. The zero-order valence-corrected chi connectivity index (χ0v) is 10.7. The highest BCUT2D eigenvalue weighted by Crippen LogP contribution is 2.25. The summed E-state index contributed by atoms with van der Waals surface area (Å²) in [4.78, 5) is 12.1. The van der Waals surface area contributed by atoms with Crippen molar-refractivity contribution in [1.82, 2.24) is 5.32 Å². The van der Waals surface area contributed by atoms with Crippen LogP contribution in [0.3, 0.4) is 0 Å². The van der Waals surface area contributed by atoms with Gasteiger partial charge in [0.2, 0.25) is 0 Å². The minimum Gasteiger partial charge on any atom is -0.493 e. The summed E-state index contributed by atoms with van der Waals surface area (Å²) in [6.45, 7) is 4.67. The van der Waals surface area contributed by atoms with Gasteiger partial charge in [0.25, 0.3) is 5.91 Å². The summed E-state index contributed by atoms with van der Waals surface area (Å²) in [6.07, 6.45) is 6.27. The van der Waals surface area contributed by atoms with Crippen molar-refractivity contribution in [3.63, 3.8) is 0 Å². The average molecular weight is 243 g/mol. The summed E-state index contributed by atoms with van der Waals surface area (Å²) in [5.41, 5.74) is 1.73. The number of nitrogens with one attached hydrogen (secondary N) is 1. The van der Waals surface area contributed by atoms with Crippen molar-refractivity contribution in [2.24, 2.45) is 5.92 Å². The zero-order chi connectivity index (χ0) is 13.1. The van der Waals surface area contributed by atoms with Crippen LogP contribution in [0.15, 0.2) is 18.2 Å². The fourth-order valence-corrected chi connectivity index (χ4v) is 1.95. The predicted octanol–water partition coefficient (Wildman–Crippen LogP) is 2.01. The summed E-state index contributed by atoms with van der Waals surface area (Å²) < 4.78 is 5.41. The average Bonchev–Trinajstić information content (AvgIpc) is 2.82. The lowest BCUT2D eigenvalue weighted by atomic mass is 10.0. The van der Waals surface area contributed by atoms with Crippen molar-refractivity contribution in [2.45, 2.75) is 26.3 Å². The molecule has 2 rings (SSSR count). The van der Waals surface area contributed by atoms with Crippen LogP contribution in [0.2, 0.25) is 0 Å². The van der Waals surface area contributed by atoms with Crippen LogP contribution < -0.4 is 10.1 Å². The van der Waals surface area contributed by atoms with E-state index in [2.05, 4.69) is 11.2 Å². The van der Waals surface area contributed by atoms with Crippen LogP contribution in [0, 0.1) is 18.3 Å². The molecule has 0 bridgehead atoms. The smallest absolute Gasteiger partial charge is 0.252 e. The van der Waals surface area contributed by atoms with Crippen molar-refractivity contribution in [3.05, 3.63) is 29.3 Å². The third-order valence-corrected chi connectivity index (χ3v) is 3.08. The van der Waals surface area contributed by atoms with Gasteiger partial charge < -0.3 is 10.1 Å². The third-order valence-electron chi connectivity index (χ3n) is 3.08. The Morgan fingerprint density at radius 1 is 1.50 bits per heavy atom. The highest BCUT2D eigenvalue weighted by atomic mass is 16.5. The Bertz CT molecular complexity index is 500. The van der Waals surface area contributed by atoms with Gasteiger partial charge in [0.05, 0.1) is 12.6 Å². The van der Waals surface area contributed by atoms with Crippen molar-refractivity contribution in [1.29, 1.82) is 0 Å². The number of amides is 1. The van der Waals surface area contributed by atoms with E-state index in [1.165, 1.54) is 0 Å². The number of ether oxygens (including phenoxy) is 1. The Morgan fingerprint density at radius 3 is 2.94 bits per heavy atom. The van der Waals surface area contributed by atoms with E-state index < -0.39 is 0 Å². The molecule has 1 aliphatic rings. The van der Waals surface area contributed by atoms with Crippen LogP contribution in [0.4, 0.5) is 0 Å². The number of hydrogen-bond acceptors (Lipinski definition) is 2. The van der Waals surface area contributed by atoms with Crippen molar-refractivity contribution < 1.29 is 9.53 Å². The molecule has 1 heterocycles. The van der Waals surface area contributed by atoms with Crippen LogP contribution in [0.5, 0.6) is 5.75 Å². The molecule has 1 aromatic carbocycles. The van der Waals surface area contributed by atoms with Crippen LogP contribution >= 0.6 is 0 Å².